The third kappa shape index (κ3) is 3.65. The van der Waals surface area contributed by atoms with Crippen molar-refractivity contribution in [2.45, 2.75) is 6.92 Å². The van der Waals surface area contributed by atoms with Crippen LogP contribution in [-0.4, -0.2) is 19.9 Å². The lowest BCUT2D eigenvalue weighted by Crippen LogP contribution is -2.01. The average molecular weight is 424 g/mol. The van der Waals surface area contributed by atoms with Gasteiger partial charge >= 0.3 is 17.4 Å². The Balaban J connectivity index is 1.55. The van der Waals surface area contributed by atoms with Crippen molar-refractivity contribution in [3.05, 3.63) is 94.9 Å². The van der Waals surface area contributed by atoms with Gasteiger partial charge in [0.05, 0.1) is 4.92 Å². The first-order chi connectivity index (χ1) is 15.6. The van der Waals surface area contributed by atoms with Crippen molar-refractivity contribution in [1.82, 2.24) is 15.0 Å². The van der Waals surface area contributed by atoms with Crippen LogP contribution in [0, 0.1) is 17.0 Å². The molecule has 0 saturated heterocycles. The van der Waals surface area contributed by atoms with E-state index in [0.717, 1.165) is 21.9 Å². The summed E-state index contributed by atoms with van der Waals surface area (Å²) in [7, 11) is 0. The fraction of sp³-hybridized carbons (Fsp3) is 0.0417. The molecule has 0 radical (unpaired) electrons. The van der Waals surface area contributed by atoms with E-state index in [4.69, 9.17) is 9.47 Å². The highest BCUT2D eigenvalue weighted by Gasteiger charge is 2.27. The Morgan fingerprint density at radius 3 is 2.34 bits per heavy atom. The van der Waals surface area contributed by atoms with Crippen molar-refractivity contribution in [3.8, 4) is 23.3 Å². The Hall–Kier alpha value is -4.59. The van der Waals surface area contributed by atoms with E-state index in [1.54, 1.807) is 24.3 Å². The molecule has 0 spiro atoms. The van der Waals surface area contributed by atoms with Gasteiger partial charge in [-0.2, -0.15) is 9.97 Å². The van der Waals surface area contributed by atoms with E-state index in [-0.39, 0.29) is 11.8 Å². The van der Waals surface area contributed by atoms with E-state index >= 15 is 0 Å². The van der Waals surface area contributed by atoms with Gasteiger partial charge < -0.3 is 9.47 Å². The largest absolute Gasteiger partial charge is 0.433 e. The lowest BCUT2D eigenvalue weighted by atomic mass is 10.1. The van der Waals surface area contributed by atoms with Crippen LogP contribution >= 0.6 is 0 Å². The Labute approximate surface area is 182 Å². The van der Waals surface area contributed by atoms with Crippen LogP contribution < -0.4 is 9.47 Å². The minimum absolute atomic E-state index is 0.209. The zero-order valence-corrected chi connectivity index (χ0v) is 16.9. The molecule has 0 amide bonds. The van der Waals surface area contributed by atoms with E-state index in [1.165, 1.54) is 6.33 Å². The van der Waals surface area contributed by atoms with Crippen LogP contribution in [0.25, 0.3) is 21.7 Å². The van der Waals surface area contributed by atoms with Crippen molar-refractivity contribution in [2.24, 2.45) is 0 Å². The quantitative estimate of drug-likeness (QED) is 0.253. The summed E-state index contributed by atoms with van der Waals surface area (Å²) < 4.78 is 11.6. The van der Waals surface area contributed by atoms with E-state index in [1.807, 2.05) is 55.5 Å². The van der Waals surface area contributed by atoms with Gasteiger partial charge in [-0.05, 0) is 42.0 Å². The first-order valence-corrected chi connectivity index (χ1v) is 9.79. The average Bonchev–Trinajstić information content (AvgIpc) is 2.79. The van der Waals surface area contributed by atoms with Gasteiger partial charge in [-0.15, -0.1) is 0 Å². The lowest BCUT2D eigenvalue weighted by molar-refractivity contribution is -0.387. The van der Waals surface area contributed by atoms with Crippen molar-refractivity contribution >= 4 is 27.4 Å². The predicted octanol–water partition coefficient (Wildman–Crippen LogP) is 5.98. The van der Waals surface area contributed by atoms with Crippen molar-refractivity contribution in [2.75, 3.05) is 0 Å². The third-order valence-corrected chi connectivity index (χ3v) is 4.90. The molecule has 0 saturated carbocycles. The number of nitrogens with zero attached hydrogens (tertiary/aromatic N) is 4. The summed E-state index contributed by atoms with van der Waals surface area (Å²) in [6, 6.07) is 22.3. The Kier molecular flexibility index (Phi) is 4.79. The molecule has 0 fully saturated rings. The van der Waals surface area contributed by atoms with Gasteiger partial charge in [-0.3, -0.25) is 10.1 Å². The standard InChI is InChI=1S/C24H16N4O4/c1-15-9-10-17-7-4-8-20(21(17)27-15)32-24-22(28(29)30)23(25-14-26-24)31-19-12-11-16-5-2-3-6-18(16)13-19/h2-14H,1H3. The smallest absolute Gasteiger partial charge is 0.393 e. The van der Waals surface area contributed by atoms with E-state index in [9.17, 15) is 10.1 Å². The van der Waals surface area contributed by atoms with E-state index in [2.05, 4.69) is 15.0 Å². The van der Waals surface area contributed by atoms with Gasteiger partial charge in [0.15, 0.2) is 5.75 Å². The number of rotatable bonds is 5. The molecule has 0 atom stereocenters. The van der Waals surface area contributed by atoms with E-state index < -0.39 is 10.6 Å². The van der Waals surface area contributed by atoms with Gasteiger partial charge in [0.1, 0.15) is 17.6 Å². The summed E-state index contributed by atoms with van der Waals surface area (Å²) in [4.78, 5) is 23.8. The Morgan fingerprint density at radius 1 is 0.812 bits per heavy atom. The van der Waals surface area contributed by atoms with Crippen molar-refractivity contribution in [1.29, 1.82) is 0 Å². The number of aryl methyl sites for hydroxylation is 1. The molecule has 2 heterocycles. The summed E-state index contributed by atoms with van der Waals surface area (Å²) >= 11 is 0. The molecule has 5 rings (SSSR count). The molecule has 0 bridgehead atoms. The van der Waals surface area contributed by atoms with Gasteiger partial charge in [0.25, 0.3) is 0 Å². The summed E-state index contributed by atoms with van der Waals surface area (Å²) in [6.07, 6.45) is 1.17. The first kappa shape index (κ1) is 19.4. The molecular weight excluding hydrogens is 408 g/mol. The van der Waals surface area contributed by atoms with Gasteiger partial charge in [0, 0.05) is 11.1 Å². The number of pyridine rings is 1. The Morgan fingerprint density at radius 2 is 1.53 bits per heavy atom. The van der Waals surface area contributed by atoms with Crippen molar-refractivity contribution in [3.63, 3.8) is 0 Å². The van der Waals surface area contributed by atoms with Crippen molar-refractivity contribution < 1.29 is 14.4 Å². The summed E-state index contributed by atoms with van der Waals surface area (Å²) in [6.45, 7) is 1.86. The lowest BCUT2D eigenvalue weighted by Gasteiger charge is -2.10. The minimum Gasteiger partial charge on any atom is -0.433 e. The second-order valence-electron chi connectivity index (χ2n) is 7.08. The molecule has 0 unspecified atom stereocenters. The first-order valence-electron chi connectivity index (χ1n) is 9.79. The number of benzene rings is 3. The number of ether oxygens (including phenoxy) is 2. The number of fused-ring (bicyclic) bond motifs is 2. The van der Waals surface area contributed by atoms with E-state index in [0.29, 0.717) is 17.0 Å². The minimum atomic E-state index is -0.616. The number of hydrogen-bond donors (Lipinski definition) is 0. The molecule has 0 aliphatic heterocycles. The fourth-order valence-corrected chi connectivity index (χ4v) is 3.40. The van der Waals surface area contributed by atoms with Crippen LogP contribution in [0.2, 0.25) is 0 Å². The van der Waals surface area contributed by atoms with Gasteiger partial charge in [-0.25, -0.2) is 4.98 Å². The maximum Gasteiger partial charge on any atom is 0.393 e. The maximum atomic E-state index is 11.9. The molecule has 5 aromatic rings. The number of para-hydroxylation sites is 1. The highest BCUT2D eigenvalue weighted by Crippen LogP contribution is 2.39. The number of hydrogen-bond acceptors (Lipinski definition) is 7. The second-order valence-corrected chi connectivity index (χ2v) is 7.08. The highest BCUT2D eigenvalue weighted by molar-refractivity contribution is 5.85. The molecule has 0 aliphatic rings. The zero-order valence-electron chi connectivity index (χ0n) is 16.9. The monoisotopic (exact) mass is 424 g/mol. The number of nitro groups is 1. The van der Waals surface area contributed by atoms with Crippen LogP contribution in [0.1, 0.15) is 5.69 Å². The van der Waals surface area contributed by atoms with Crippen LogP contribution in [0.4, 0.5) is 5.69 Å². The van der Waals surface area contributed by atoms with Gasteiger partial charge in [0.2, 0.25) is 0 Å². The summed E-state index contributed by atoms with van der Waals surface area (Å²) in [5.74, 6) is 0.333. The molecule has 3 aromatic carbocycles. The number of aromatic nitrogens is 3. The second kappa shape index (κ2) is 7.92. The molecule has 32 heavy (non-hydrogen) atoms. The molecule has 2 aromatic heterocycles. The normalized spacial score (nSPS) is 10.9. The highest BCUT2D eigenvalue weighted by atomic mass is 16.6. The molecular formula is C24H16N4O4. The van der Waals surface area contributed by atoms with Crippen LogP contribution in [-0.2, 0) is 0 Å². The van der Waals surface area contributed by atoms with Crippen LogP contribution in [0.3, 0.4) is 0 Å². The fourth-order valence-electron chi connectivity index (χ4n) is 3.40. The Bertz CT molecular complexity index is 1490. The molecule has 0 N–H and O–H groups in total. The van der Waals surface area contributed by atoms with Crippen LogP contribution in [0.15, 0.2) is 79.1 Å². The topological polar surface area (TPSA) is 100 Å². The van der Waals surface area contributed by atoms with Crippen LogP contribution in [0.5, 0.6) is 23.3 Å². The molecule has 8 heteroatoms. The summed E-state index contributed by atoms with van der Waals surface area (Å²) in [5, 5.41) is 14.7. The SMILES string of the molecule is Cc1ccc2cccc(Oc3ncnc(Oc4ccc5ccccc5c4)c3[N+](=O)[O-])c2n1. The zero-order chi connectivity index (χ0) is 22.1. The van der Waals surface area contributed by atoms with Gasteiger partial charge in [-0.1, -0.05) is 48.5 Å². The molecule has 156 valence electrons. The maximum absolute atomic E-state index is 11.9. The molecule has 0 aliphatic carbocycles. The predicted molar refractivity (Wildman–Crippen MR) is 119 cm³/mol. The molecule has 8 nitrogen and oxygen atoms in total. The third-order valence-electron chi connectivity index (χ3n) is 4.90. The summed E-state index contributed by atoms with van der Waals surface area (Å²) in [5.41, 5.74) is 0.911.